The smallest absolute Gasteiger partial charge is 0.247 e. The number of nitrogens with one attached hydrogen (secondary N) is 3. The molecule has 40 heavy (non-hydrogen) atoms. The molecule has 1 aromatic carbocycles. The van der Waals surface area contributed by atoms with E-state index in [1.807, 2.05) is 13.0 Å². The Morgan fingerprint density at radius 3 is 2.62 bits per heavy atom. The molecule has 12 heteroatoms. The molecule has 0 radical (unpaired) electrons. The first-order valence-electron chi connectivity index (χ1n) is 14.4. The molecule has 1 aromatic rings. The predicted molar refractivity (Wildman–Crippen MR) is 162 cm³/mol. The lowest BCUT2D eigenvalue weighted by molar-refractivity contribution is -0.126. The van der Waals surface area contributed by atoms with Gasteiger partial charge in [-0.1, -0.05) is 30.1 Å². The highest BCUT2D eigenvalue weighted by atomic mass is 35.5. The number of hydrogen-bond donors (Lipinski definition) is 4. The normalized spacial score (nSPS) is 18.4. The van der Waals surface area contributed by atoms with E-state index >= 15 is 0 Å². The molecule has 0 spiro atoms. The first kappa shape index (κ1) is 32.6. The molecule has 10 nitrogen and oxygen atoms in total. The summed E-state index contributed by atoms with van der Waals surface area (Å²) >= 11 is 12.0. The van der Waals surface area contributed by atoms with Gasteiger partial charge < -0.3 is 36.2 Å². The average molecular weight is 599 g/mol. The second kappa shape index (κ2) is 17.8. The maximum absolute atomic E-state index is 12.2. The fourth-order valence-corrected chi connectivity index (χ4v) is 5.12. The number of piperazine rings is 1. The van der Waals surface area contributed by atoms with Gasteiger partial charge in [-0.15, -0.1) is 0 Å². The van der Waals surface area contributed by atoms with Crippen molar-refractivity contribution in [3.05, 3.63) is 28.2 Å². The Balaban J connectivity index is 1.18. The van der Waals surface area contributed by atoms with E-state index in [0.717, 1.165) is 57.4 Å². The second-order valence-electron chi connectivity index (χ2n) is 10.7. The van der Waals surface area contributed by atoms with E-state index in [-0.39, 0.29) is 36.6 Å². The van der Waals surface area contributed by atoms with Crippen LogP contribution in [0.2, 0.25) is 10.0 Å². The fourth-order valence-electron chi connectivity index (χ4n) is 4.82. The summed E-state index contributed by atoms with van der Waals surface area (Å²) in [4.78, 5) is 33.2. The summed E-state index contributed by atoms with van der Waals surface area (Å²) in [6.07, 6.45) is 3.15. The van der Waals surface area contributed by atoms with Crippen LogP contribution in [-0.2, 0) is 14.3 Å². The minimum Gasteiger partial charge on any atom is -0.387 e. The Morgan fingerprint density at radius 2 is 1.90 bits per heavy atom. The van der Waals surface area contributed by atoms with Crippen LogP contribution in [0.5, 0.6) is 0 Å². The lowest BCUT2D eigenvalue weighted by Crippen LogP contribution is -2.47. The van der Waals surface area contributed by atoms with Crippen molar-refractivity contribution in [2.45, 2.75) is 32.6 Å². The van der Waals surface area contributed by atoms with Crippen molar-refractivity contribution in [3.63, 3.8) is 0 Å². The molecule has 0 aromatic heterocycles. The Labute approximate surface area is 248 Å². The van der Waals surface area contributed by atoms with Crippen LogP contribution >= 0.6 is 23.2 Å². The SMILES string of the molecule is CC(CNc1ccc(Cl)c(Cl)c1)C(N)=NC(=O)CCCNC(=O)COCCN1CCC(CN2CCNCC2)CC1. The van der Waals surface area contributed by atoms with Gasteiger partial charge in [-0.25, -0.2) is 4.99 Å². The van der Waals surface area contributed by atoms with Crippen LogP contribution in [0.25, 0.3) is 0 Å². The van der Waals surface area contributed by atoms with Gasteiger partial charge in [0.25, 0.3) is 0 Å². The van der Waals surface area contributed by atoms with Gasteiger partial charge >= 0.3 is 0 Å². The van der Waals surface area contributed by atoms with E-state index in [1.54, 1.807) is 12.1 Å². The third kappa shape index (κ3) is 12.3. The average Bonchev–Trinajstić information content (AvgIpc) is 2.95. The zero-order valence-corrected chi connectivity index (χ0v) is 25.1. The Bertz CT molecular complexity index is 967. The van der Waals surface area contributed by atoms with Crippen LogP contribution in [0.15, 0.2) is 23.2 Å². The Kier molecular flexibility index (Phi) is 14.5. The highest BCUT2D eigenvalue weighted by Gasteiger charge is 2.22. The quantitative estimate of drug-likeness (QED) is 0.138. The van der Waals surface area contributed by atoms with E-state index in [9.17, 15) is 9.59 Å². The summed E-state index contributed by atoms with van der Waals surface area (Å²) in [6.45, 7) is 12.1. The number of hydrogen-bond acceptors (Lipinski definition) is 7. The van der Waals surface area contributed by atoms with E-state index in [4.69, 9.17) is 33.7 Å². The number of anilines is 1. The van der Waals surface area contributed by atoms with E-state index in [0.29, 0.717) is 36.2 Å². The first-order chi connectivity index (χ1) is 19.3. The summed E-state index contributed by atoms with van der Waals surface area (Å²) in [7, 11) is 0. The van der Waals surface area contributed by atoms with Crippen LogP contribution in [0, 0.1) is 11.8 Å². The van der Waals surface area contributed by atoms with Gasteiger partial charge in [0.05, 0.1) is 16.7 Å². The number of carbonyl (C=O) groups is 2. The van der Waals surface area contributed by atoms with Crippen molar-refractivity contribution < 1.29 is 14.3 Å². The molecule has 2 aliphatic rings. The molecule has 2 aliphatic heterocycles. The van der Waals surface area contributed by atoms with Gasteiger partial charge in [0.2, 0.25) is 11.8 Å². The van der Waals surface area contributed by atoms with Gasteiger partial charge in [-0.3, -0.25) is 9.59 Å². The molecule has 5 N–H and O–H groups in total. The van der Waals surface area contributed by atoms with Gasteiger partial charge in [0.1, 0.15) is 12.4 Å². The van der Waals surface area contributed by atoms with Crippen LogP contribution in [0.1, 0.15) is 32.6 Å². The third-order valence-corrected chi connectivity index (χ3v) is 8.14. The molecular formula is C28H45Cl2N7O3. The number of carbonyl (C=O) groups excluding carboxylic acids is 2. The number of nitrogens with two attached hydrogens (primary N) is 1. The highest BCUT2D eigenvalue weighted by molar-refractivity contribution is 6.42. The number of nitrogens with zero attached hydrogens (tertiary/aromatic N) is 3. The number of amidine groups is 1. The van der Waals surface area contributed by atoms with E-state index in [1.165, 1.54) is 19.4 Å². The van der Waals surface area contributed by atoms with Crippen molar-refractivity contribution in [1.82, 2.24) is 20.4 Å². The number of benzene rings is 1. The van der Waals surface area contributed by atoms with Gasteiger partial charge in [-0.2, -0.15) is 0 Å². The minimum atomic E-state index is -0.305. The molecule has 2 amide bonds. The molecule has 3 rings (SSSR count). The lowest BCUT2D eigenvalue weighted by Gasteiger charge is -2.36. The summed E-state index contributed by atoms with van der Waals surface area (Å²) < 4.78 is 5.58. The summed E-state index contributed by atoms with van der Waals surface area (Å²) in [5.41, 5.74) is 6.81. The summed E-state index contributed by atoms with van der Waals surface area (Å²) in [5, 5.41) is 10.4. The number of likely N-dealkylation sites (tertiary alicyclic amines) is 1. The monoisotopic (exact) mass is 597 g/mol. The van der Waals surface area contributed by atoms with Gasteiger partial charge in [-0.05, 0) is 56.5 Å². The number of halogens is 2. The Morgan fingerprint density at radius 1 is 1.15 bits per heavy atom. The van der Waals surface area contributed by atoms with E-state index < -0.39 is 0 Å². The molecule has 0 bridgehead atoms. The van der Waals surface area contributed by atoms with Crippen LogP contribution in [0.4, 0.5) is 5.69 Å². The largest absolute Gasteiger partial charge is 0.387 e. The maximum Gasteiger partial charge on any atom is 0.247 e. The van der Waals surface area contributed by atoms with Crippen molar-refractivity contribution >= 4 is 46.5 Å². The Hall–Kier alpha value is -1.95. The lowest BCUT2D eigenvalue weighted by atomic mass is 9.96. The summed E-state index contributed by atoms with van der Waals surface area (Å²) in [6, 6.07) is 5.26. The van der Waals surface area contributed by atoms with E-state index in [2.05, 4.69) is 30.7 Å². The number of aliphatic imine (C=N–C) groups is 1. The number of amides is 2. The third-order valence-electron chi connectivity index (χ3n) is 7.40. The topological polar surface area (TPSA) is 124 Å². The van der Waals surface area contributed by atoms with Crippen molar-refractivity contribution in [1.29, 1.82) is 0 Å². The van der Waals surface area contributed by atoms with Crippen molar-refractivity contribution in [2.24, 2.45) is 22.6 Å². The zero-order valence-electron chi connectivity index (χ0n) is 23.6. The standard InChI is InChI=1S/C28H45Cl2N7O3/c1-21(18-34-23-4-5-24(29)25(30)17-23)28(31)35-26(38)3-2-8-33-27(39)20-40-16-15-36-11-6-22(7-12-36)19-37-13-9-32-10-14-37/h4-5,17,21-22,32,34H,2-3,6-16,18-20H2,1H3,(H,33,39)(H2,31,35,38). The maximum atomic E-state index is 12.2. The number of piperidine rings is 1. The second-order valence-corrected chi connectivity index (χ2v) is 11.5. The molecule has 0 saturated carbocycles. The zero-order chi connectivity index (χ0) is 28.7. The molecule has 224 valence electrons. The predicted octanol–water partition coefficient (Wildman–Crippen LogP) is 2.46. The molecular weight excluding hydrogens is 553 g/mol. The fraction of sp³-hybridized carbons (Fsp3) is 0.679. The van der Waals surface area contributed by atoms with Crippen LogP contribution < -0.4 is 21.7 Å². The molecule has 0 aliphatic carbocycles. The first-order valence-corrected chi connectivity index (χ1v) is 15.1. The number of ether oxygens (including phenoxy) is 1. The minimum absolute atomic E-state index is 0.0296. The molecule has 2 saturated heterocycles. The number of rotatable bonds is 15. The van der Waals surface area contributed by atoms with Crippen LogP contribution in [-0.4, -0.2) is 106 Å². The molecule has 1 unspecified atom stereocenters. The van der Waals surface area contributed by atoms with Crippen molar-refractivity contribution in [3.8, 4) is 0 Å². The summed E-state index contributed by atoms with van der Waals surface area (Å²) in [5.74, 6) is 0.418. The van der Waals surface area contributed by atoms with Crippen molar-refractivity contribution in [2.75, 3.05) is 84.0 Å². The molecule has 2 fully saturated rings. The van der Waals surface area contributed by atoms with Gasteiger partial charge in [0.15, 0.2) is 0 Å². The molecule has 1 atom stereocenters. The molecule has 2 heterocycles. The van der Waals surface area contributed by atoms with Crippen LogP contribution in [0.3, 0.4) is 0 Å². The highest BCUT2D eigenvalue weighted by Crippen LogP contribution is 2.25. The van der Waals surface area contributed by atoms with Gasteiger partial charge in [0, 0.05) is 70.4 Å².